The number of ether oxygens (including phenoxy) is 1. The summed E-state index contributed by atoms with van der Waals surface area (Å²) < 4.78 is 5.24. The molecular formula is C13H19N3O2. The number of hydrogen-bond acceptors (Lipinski definition) is 4. The van der Waals surface area contributed by atoms with Gasteiger partial charge < -0.3 is 20.7 Å². The van der Waals surface area contributed by atoms with Gasteiger partial charge in [-0.1, -0.05) is 0 Å². The first kappa shape index (κ1) is 12.7. The highest BCUT2D eigenvalue weighted by Crippen LogP contribution is 2.32. The summed E-state index contributed by atoms with van der Waals surface area (Å²) >= 11 is 0. The molecule has 18 heavy (non-hydrogen) atoms. The van der Waals surface area contributed by atoms with E-state index in [0.717, 1.165) is 30.1 Å². The van der Waals surface area contributed by atoms with E-state index in [1.54, 1.807) is 7.11 Å². The first-order valence-electron chi connectivity index (χ1n) is 6.17. The van der Waals surface area contributed by atoms with Gasteiger partial charge in [-0.15, -0.1) is 0 Å². The Bertz CT molecular complexity index is 434. The topological polar surface area (TPSA) is 67.6 Å². The second-order valence-electron chi connectivity index (χ2n) is 4.31. The molecule has 5 heteroatoms. The molecule has 0 spiro atoms. The number of amides is 1. The zero-order valence-corrected chi connectivity index (χ0v) is 10.6. The Balaban J connectivity index is 2.31. The molecule has 1 amide bonds. The maximum atomic E-state index is 11.6. The molecule has 0 aliphatic carbocycles. The zero-order chi connectivity index (χ0) is 13.0. The molecule has 1 aromatic carbocycles. The lowest BCUT2D eigenvalue weighted by atomic mass is 10.2. The predicted octanol–water partition coefficient (Wildman–Crippen LogP) is 1.19. The lowest BCUT2D eigenvalue weighted by Crippen LogP contribution is -2.27. The number of methoxy groups -OCH3 is 1. The predicted molar refractivity (Wildman–Crippen MR) is 72.1 cm³/mol. The van der Waals surface area contributed by atoms with Crippen molar-refractivity contribution in [3.8, 4) is 5.75 Å². The number of nitrogens with one attached hydrogen (secondary N) is 1. The van der Waals surface area contributed by atoms with Crippen molar-refractivity contribution in [2.75, 3.05) is 37.0 Å². The third-order valence-corrected chi connectivity index (χ3v) is 3.06. The van der Waals surface area contributed by atoms with Crippen LogP contribution in [0.3, 0.4) is 0 Å². The SMILES string of the molecule is COc1ccc2c(c1)N(CCCN)CCC(=O)N2. The largest absolute Gasteiger partial charge is 0.497 e. The molecule has 0 atom stereocenters. The summed E-state index contributed by atoms with van der Waals surface area (Å²) in [4.78, 5) is 13.8. The quantitative estimate of drug-likeness (QED) is 0.841. The lowest BCUT2D eigenvalue weighted by Gasteiger charge is -2.24. The van der Waals surface area contributed by atoms with E-state index in [0.29, 0.717) is 19.5 Å². The van der Waals surface area contributed by atoms with E-state index in [-0.39, 0.29) is 5.91 Å². The summed E-state index contributed by atoms with van der Waals surface area (Å²) in [5, 5.41) is 2.91. The molecule has 0 unspecified atom stereocenters. The Hall–Kier alpha value is -1.75. The van der Waals surface area contributed by atoms with Crippen molar-refractivity contribution < 1.29 is 9.53 Å². The Labute approximate surface area is 107 Å². The van der Waals surface area contributed by atoms with E-state index in [1.807, 2.05) is 18.2 Å². The van der Waals surface area contributed by atoms with Crippen LogP contribution in [0, 0.1) is 0 Å². The van der Waals surface area contributed by atoms with Gasteiger partial charge in [-0.05, 0) is 25.1 Å². The van der Waals surface area contributed by atoms with E-state index < -0.39 is 0 Å². The molecule has 3 N–H and O–H groups in total. The van der Waals surface area contributed by atoms with Gasteiger partial charge in [0, 0.05) is 25.6 Å². The zero-order valence-electron chi connectivity index (χ0n) is 10.6. The van der Waals surface area contributed by atoms with Gasteiger partial charge >= 0.3 is 0 Å². The van der Waals surface area contributed by atoms with E-state index in [9.17, 15) is 4.79 Å². The molecule has 1 aliphatic rings. The number of nitrogens with zero attached hydrogens (tertiary/aromatic N) is 1. The molecule has 0 radical (unpaired) electrons. The van der Waals surface area contributed by atoms with Crippen molar-refractivity contribution in [1.82, 2.24) is 0 Å². The van der Waals surface area contributed by atoms with Crippen LogP contribution < -0.4 is 20.7 Å². The highest BCUT2D eigenvalue weighted by molar-refractivity contribution is 5.96. The first-order chi connectivity index (χ1) is 8.74. The third kappa shape index (κ3) is 2.73. The number of nitrogens with two attached hydrogens (primary N) is 1. The van der Waals surface area contributed by atoms with Crippen molar-refractivity contribution in [3.05, 3.63) is 18.2 Å². The standard InChI is InChI=1S/C13H19N3O2/c1-18-10-3-4-11-12(9-10)16(7-2-6-14)8-5-13(17)15-11/h3-4,9H,2,5-8,14H2,1H3,(H,15,17). The molecule has 1 aromatic rings. The van der Waals surface area contributed by atoms with Gasteiger partial charge in [0.05, 0.1) is 18.5 Å². The highest BCUT2D eigenvalue weighted by atomic mass is 16.5. The molecule has 1 aliphatic heterocycles. The van der Waals surface area contributed by atoms with E-state index in [2.05, 4.69) is 10.2 Å². The summed E-state index contributed by atoms with van der Waals surface area (Å²) in [5.41, 5.74) is 7.41. The summed E-state index contributed by atoms with van der Waals surface area (Å²) in [7, 11) is 1.64. The molecule has 5 nitrogen and oxygen atoms in total. The molecule has 2 rings (SSSR count). The summed E-state index contributed by atoms with van der Waals surface area (Å²) in [6.45, 7) is 2.22. The Morgan fingerprint density at radius 1 is 1.50 bits per heavy atom. The first-order valence-corrected chi connectivity index (χ1v) is 6.17. The number of carbonyl (C=O) groups is 1. The maximum Gasteiger partial charge on any atom is 0.226 e. The number of fused-ring (bicyclic) bond motifs is 1. The fourth-order valence-corrected chi connectivity index (χ4v) is 2.09. The Kier molecular flexibility index (Phi) is 4.04. The molecule has 0 saturated carbocycles. The summed E-state index contributed by atoms with van der Waals surface area (Å²) in [5.74, 6) is 0.847. The second-order valence-corrected chi connectivity index (χ2v) is 4.31. The van der Waals surface area contributed by atoms with Crippen LogP contribution in [0.1, 0.15) is 12.8 Å². The van der Waals surface area contributed by atoms with E-state index >= 15 is 0 Å². The minimum absolute atomic E-state index is 0.0525. The number of benzene rings is 1. The lowest BCUT2D eigenvalue weighted by molar-refractivity contribution is -0.115. The van der Waals surface area contributed by atoms with Crippen molar-refractivity contribution in [1.29, 1.82) is 0 Å². The van der Waals surface area contributed by atoms with Crippen LogP contribution in [0.15, 0.2) is 18.2 Å². The fraction of sp³-hybridized carbons (Fsp3) is 0.462. The third-order valence-electron chi connectivity index (χ3n) is 3.06. The monoisotopic (exact) mass is 249 g/mol. The smallest absolute Gasteiger partial charge is 0.226 e. The van der Waals surface area contributed by atoms with Gasteiger partial charge in [-0.2, -0.15) is 0 Å². The Morgan fingerprint density at radius 3 is 3.06 bits per heavy atom. The molecule has 0 saturated heterocycles. The maximum absolute atomic E-state index is 11.6. The van der Waals surface area contributed by atoms with Crippen LogP contribution in [0.25, 0.3) is 0 Å². The van der Waals surface area contributed by atoms with Crippen LogP contribution in [0.4, 0.5) is 11.4 Å². The van der Waals surface area contributed by atoms with Gasteiger partial charge in [-0.3, -0.25) is 4.79 Å². The van der Waals surface area contributed by atoms with Crippen molar-refractivity contribution >= 4 is 17.3 Å². The van der Waals surface area contributed by atoms with Crippen LogP contribution in [-0.2, 0) is 4.79 Å². The average molecular weight is 249 g/mol. The van der Waals surface area contributed by atoms with E-state index in [1.165, 1.54) is 0 Å². The van der Waals surface area contributed by atoms with Crippen LogP contribution >= 0.6 is 0 Å². The summed E-state index contributed by atoms with van der Waals surface area (Å²) in [6.07, 6.45) is 1.41. The number of anilines is 2. The van der Waals surface area contributed by atoms with Gasteiger partial charge in [0.15, 0.2) is 0 Å². The van der Waals surface area contributed by atoms with Gasteiger partial charge in [0.1, 0.15) is 5.75 Å². The molecule has 0 aromatic heterocycles. The minimum Gasteiger partial charge on any atom is -0.497 e. The molecule has 0 bridgehead atoms. The average Bonchev–Trinajstić information content (AvgIpc) is 2.54. The van der Waals surface area contributed by atoms with Gasteiger partial charge in [0.25, 0.3) is 0 Å². The second kappa shape index (κ2) is 5.73. The molecule has 98 valence electrons. The van der Waals surface area contributed by atoms with Crippen LogP contribution in [-0.4, -0.2) is 32.7 Å². The fourth-order valence-electron chi connectivity index (χ4n) is 2.09. The highest BCUT2D eigenvalue weighted by Gasteiger charge is 2.19. The molecule has 1 heterocycles. The van der Waals surface area contributed by atoms with Gasteiger partial charge in [0.2, 0.25) is 5.91 Å². The number of carbonyl (C=O) groups excluding carboxylic acids is 1. The normalized spacial score (nSPS) is 14.8. The summed E-state index contributed by atoms with van der Waals surface area (Å²) in [6, 6.07) is 5.69. The molecular weight excluding hydrogens is 230 g/mol. The number of hydrogen-bond donors (Lipinski definition) is 2. The minimum atomic E-state index is 0.0525. The van der Waals surface area contributed by atoms with Crippen molar-refractivity contribution in [2.45, 2.75) is 12.8 Å². The van der Waals surface area contributed by atoms with Crippen molar-refractivity contribution in [3.63, 3.8) is 0 Å². The van der Waals surface area contributed by atoms with Crippen LogP contribution in [0.2, 0.25) is 0 Å². The molecule has 0 fully saturated rings. The van der Waals surface area contributed by atoms with Crippen LogP contribution in [0.5, 0.6) is 5.75 Å². The van der Waals surface area contributed by atoms with Crippen molar-refractivity contribution in [2.24, 2.45) is 5.73 Å². The van der Waals surface area contributed by atoms with E-state index in [4.69, 9.17) is 10.5 Å². The van der Waals surface area contributed by atoms with Gasteiger partial charge in [-0.25, -0.2) is 0 Å². The number of rotatable bonds is 4. The Morgan fingerprint density at radius 2 is 2.33 bits per heavy atom.